The maximum atomic E-state index is 12.5. The Morgan fingerprint density at radius 3 is 2.41 bits per heavy atom. The molecule has 0 saturated heterocycles. The molecule has 0 bridgehead atoms. The van der Waals surface area contributed by atoms with Gasteiger partial charge in [0.05, 0.1) is 5.56 Å². The molecule has 0 aliphatic rings. The van der Waals surface area contributed by atoms with Crippen LogP contribution in [0.15, 0.2) is 24.3 Å². The third kappa shape index (κ3) is 3.42. The van der Waals surface area contributed by atoms with Crippen molar-refractivity contribution in [2.75, 3.05) is 0 Å². The van der Waals surface area contributed by atoms with E-state index in [2.05, 4.69) is 0 Å². The molecule has 0 amide bonds. The first-order valence-electron chi connectivity index (χ1n) is 4.60. The van der Waals surface area contributed by atoms with Gasteiger partial charge in [-0.1, -0.05) is 18.2 Å². The van der Waals surface area contributed by atoms with E-state index in [1.54, 1.807) is 0 Å². The maximum absolute atomic E-state index is 12.5. The molecule has 0 fully saturated rings. The number of aliphatic carboxylic acids is 1. The van der Waals surface area contributed by atoms with Gasteiger partial charge in [0.2, 0.25) is 0 Å². The highest BCUT2D eigenvalue weighted by molar-refractivity contribution is 5.73. The van der Waals surface area contributed by atoms with E-state index in [-0.39, 0.29) is 5.56 Å². The second-order valence-electron chi connectivity index (χ2n) is 3.36. The van der Waals surface area contributed by atoms with Crippen molar-refractivity contribution in [1.82, 2.24) is 5.54 Å². The predicted octanol–water partition coefficient (Wildman–Crippen LogP) is 2.18. The number of benzene rings is 1. The van der Waals surface area contributed by atoms with Crippen LogP contribution in [-0.2, 0) is 17.4 Å². The normalized spacial score (nSPS) is 13.4. The molecule has 1 atom stereocenters. The highest BCUT2D eigenvalue weighted by atomic mass is 19.4. The number of carbonyl (C=O) groups is 1. The predicted molar refractivity (Wildman–Crippen MR) is 50.8 cm³/mol. The SMILES string of the molecule is O=C(O)C(Cc1ccccc1C(F)(F)F)NF. The summed E-state index contributed by atoms with van der Waals surface area (Å²) in [4.78, 5) is 10.5. The Morgan fingerprint density at radius 1 is 1.35 bits per heavy atom. The summed E-state index contributed by atoms with van der Waals surface area (Å²) in [6.45, 7) is 0. The summed E-state index contributed by atoms with van der Waals surface area (Å²) in [7, 11) is 0. The van der Waals surface area contributed by atoms with Crippen LogP contribution in [0.4, 0.5) is 17.7 Å². The number of carboxylic acid groups (broad SMARTS) is 1. The topological polar surface area (TPSA) is 49.3 Å². The first-order chi connectivity index (χ1) is 7.86. The fourth-order valence-electron chi connectivity index (χ4n) is 1.37. The fraction of sp³-hybridized carbons (Fsp3) is 0.300. The molecule has 0 radical (unpaired) electrons. The van der Waals surface area contributed by atoms with Gasteiger partial charge in [0.25, 0.3) is 0 Å². The van der Waals surface area contributed by atoms with Gasteiger partial charge < -0.3 is 5.11 Å². The zero-order valence-corrected chi connectivity index (χ0v) is 8.46. The molecule has 0 aliphatic heterocycles. The first-order valence-corrected chi connectivity index (χ1v) is 4.60. The van der Waals surface area contributed by atoms with Crippen LogP contribution in [0, 0.1) is 0 Å². The van der Waals surface area contributed by atoms with Crippen molar-refractivity contribution in [3.63, 3.8) is 0 Å². The second-order valence-corrected chi connectivity index (χ2v) is 3.36. The lowest BCUT2D eigenvalue weighted by Gasteiger charge is -2.14. The van der Waals surface area contributed by atoms with E-state index in [9.17, 15) is 22.4 Å². The van der Waals surface area contributed by atoms with Crippen molar-refractivity contribution in [1.29, 1.82) is 0 Å². The minimum Gasteiger partial charge on any atom is -0.480 e. The largest absolute Gasteiger partial charge is 0.480 e. The molecule has 0 aromatic heterocycles. The van der Waals surface area contributed by atoms with Gasteiger partial charge in [-0.25, -0.2) is 0 Å². The molecule has 94 valence electrons. The van der Waals surface area contributed by atoms with E-state index >= 15 is 0 Å². The minimum absolute atomic E-state index is 0.266. The molecule has 0 spiro atoms. The Kier molecular flexibility index (Phi) is 4.06. The number of nitrogens with one attached hydrogen (secondary N) is 1. The van der Waals surface area contributed by atoms with Crippen LogP contribution in [0.5, 0.6) is 0 Å². The van der Waals surface area contributed by atoms with E-state index in [4.69, 9.17) is 5.11 Å². The third-order valence-corrected chi connectivity index (χ3v) is 2.18. The van der Waals surface area contributed by atoms with E-state index in [1.807, 2.05) is 0 Å². The Hall–Kier alpha value is -1.63. The van der Waals surface area contributed by atoms with Crippen molar-refractivity contribution in [2.24, 2.45) is 0 Å². The molecule has 7 heteroatoms. The first kappa shape index (κ1) is 13.4. The Morgan fingerprint density at radius 2 is 1.94 bits per heavy atom. The molecule has 1 aromatic carbocycles. The van der Waals surface area contributed by atoms with Crippen LogP contribution in [0.3, 0.4) is 0 Å². The molecule has 17 heavy (non-hydrogen) atoms. The lowest BCUT2D eigenvalue weighted by molar-refractivity contribution is -0.142. The van der Waals surface area contributed by atoms with Crippen molar-refractivity contribution < 1.29 is 27.6 Å². The summed E-state index contributed by atoms with van der Waals surface area (Å²) in [6, 6.07) is 2.77. The van der Waals surface area contributed by atoms with Crippen LogP contribution >= 0.6 is 0 Å². The summed E-state index contributed by atoms with van der Waals surface area (Å²) >= 11 is 0. The highest BCUT2D eigenvalue weighted by Gasteiger charge is 2.34. The van der Waals surface area contributed by atoms with Crippen LogP contribution in [0.25, 0.3) is 0 Å². The van der Waals surface area contributed by atoms with Crippen molar-refractivity contribution in [2.45, 2.75) is 18.6 Å². The van der Waals surface area contributed by atoms with Gasteiger partial charge in [-0.3, -0.25) is 4.79 Å². The molecular weight excluding hydrogens is 242 g/mol. The Balaban J connectivity index is 3.02. The lowest BCUT2D eigenvalue weighted by atomic mass is 10.0. The monoisotopic (exact) mass is 251 g/mol. The van der Waals surface area contributed by atoms with Gasteiger partial charge in [0.15, 0.2) is 0 Å². The number of hydrogen-bond donors (Lipinski definition) is 2. The minimum atomic E-state index is -4.59. The Bertz CT molecular complexity index is 406. The smallest absolute Gasteiger partial charge is 0.416 e. The van der Waals surface area contributed by atoms with Crippen LogP contribution in [0.2, 0.25) is 0 Å². The van der Waals surface area contributed by atoms with Crippen molar-refractivity contribution in [3.8, 4) is 0 Å². The molecule has 1 aromatic rings. The number of carboxylic acids is 1. The number of hydrogen-bond acceptors (Lipinski definition) is 2. The quantitative estimate of drug-likeness (QED) is 0.637. The second kappa shape index (κ2) is 5.13. The summed E-state index contributed by atoms with van der Waals surface area (Å²) in [6.07, 6.45) is -5.17. The van der Waals surface area contributed by atoms with Crippen LogP contribution < -0.4 is 5.54 Å². The molecule has 0 heterocycles. The zero-order chi connectivity index (χ0) is 13.1. The molecule has 0 saturated carbocycles. The summed E-state index contributed by atoms with van der Waals surface area (Å²) in [5, 5.41) is 8.54. The van der Waals surface area contributed by atoms with Gasteiger partial charge in [0.1, 0.15) is 6.04 Å². The lowest BCUT2D eigenvalue weighted by Crippen LogP contribution is -2.34. The zero-order valence-electron chi connectivity index (χ0n) is 8.46. The summed E-state index contributed by atoms with van der Waals surface area (Å²) < 4.78 is 49.7. The van der Waals surface area contributed by atoms with Gasteiger partial charge in [-0.15, -0.1) is 10.0 Å². The van der Waals surface area contributed by atoms with E-state index in [1.165, 1.54) is 12.1 Å². The number of rotatable bonds is 4. The molecule has 0 aliphatic carbocycles. The summed E-state index contributed by atoms with van der Waals surface area (Å²) in [5.41, 5.74) is -0.261. The van der Waals surface area contributed by atoms with Gasteiger partial charge in [-0.05, 0) is 11.6 Å². The molecule has 1 unspecified atom stereocenters. The van der Waals surface area contributed by atoms with Gasteiger partial charge in [-0.2, -0.15) is 13.2 Å². The van der Waals surface area contributed by atoms with Gasteiger partial charge >= 0.3 is 12.1 Å². The average Bonchev–Trinajstić information content (AvgIpc) is 2.24. The van der Waals surface area contributed by atoms with Crippen LogP contribution in [0.1, 0.15) is 11.1 Å². The molecule has 2 N–H and O–H groups in total. The molecular formula is C10H9F4NO2. The molecule has 3 nitrogen and oxygen atoms in total. The third-order valence-electron chi connectivity index (χ3n) is 2.18. The number of halogens is 4. The maximum Gasteiger partial charge on any atom is 0.416 e. The van der Waals surface area contributed by atoms with Crippen LogP contribution in [-0.4, -0.2) is 17.1 Å². The van der Waals surface area contributed by atoms with Gasteiger partial charge in [0, 0.05) is 6.42 Å². The Labute approximate surface area is 94.0 Å². The average molecular weight is 251 g/mol. The van der Waals surface area contributed by atoms with Crippen molar-refractivity contribution >= 4 is 5.97 Å². The molecule has 1 rings (SSSR count). The highest BCUT2D eigenvalue weighted by Crippen LogP contribution is 2.32. The van der Waals surface area contributed by atoms with E-state index < -0.39 is 30.2 Å². The standard InChI is InChI=1S/C10H9F4NO2/c11-10(12,13)7-4-2-1-3-6(7)5-8(15-14)9(16)17/h1-4,8,15H,5H2,(H,16,17). The van der Waals surface area contributed by atoms with E-state index in [0.29, 0.717) is 0 Å². The fourth-order valence-corrected chi connectivity index (χ4v) is 1.37. The van der Waals surface area contributed by atoms with Crippen molar-refractivity contribution in [3.05, 3.63) is 35.4 Å². The number of alkyl halides is 3. The summed E-state index contributed by atoms with van der Waals surface area (Å²) in [5.74, 6) is -1.55. The van der Waals surface area contributed by atoms with E-state index in [0.717, 1.165) is 17.7 Å².